The summed E-state index contributed by atoms with van der Waals surface area (Å²) in [5.74, 6) is -2.10. The maximum Gasteiger partial charge on any atom is 0.231 e. The van der Waals surface area contributed by atoms with Crippen molar-refractivity contribution in [1.29, 1.82) is 0 Å². The molecule has 0 aromatic heterocycles. The van der Waals surface area contributed by atoms with Gasteiger partial charge in [-0.05, 0) is 37.5 Å². The standard InChI is InChI=1S/C15H15F2NO.C3H8/c1-10(11-5-3-2-4-6-11)15(19)18-14-8-7-12(16)9-13(14)17;1-3-2/h3,5-10H,2,4H2,1H3,(H,18,19);3H2,1-2H3. The number of nitrogens with one attached hydrogen (secondary N) is 1. The van der Waals surface area contributed by atoms with Gasteiger partial charge in [-0.1, -0.05) is 38.5 Å². The van der Waals surface area contributed by atoms with Crippen LogP contribution < -0.4 is 5.32 Å². The molecular formula is C18H23F2NO. The monoisotopic (exact) mass is 307 g/mol. The highest BCUT2D eigenvalue weighted by Crippen LogP contribution is 2.21. The van der Waals surface area contributed by atoms with Crippen LogP contribution in [0.1, 0.15) is 40.0 Å². The van der Waals surface area contributed by atoms with Crippen molar-refractivity contribution in [2.45, 2.75) is 40.0 Å². The topological polar surface area (TPSA) is 29.1 Å². The summed E-state index contributed by atoms with van der Waals surface area (Å²) in [7, 11) is 0. The quantitative estimate of drug-likeness (QED) is 0.813. The molecule has 1 amide bonds. The fourth-order valence-electron chi connectivity index (χ4n) is 1.94. The van der Waals surface area contributed by atoms with Gasteiger partial charge >= 0.3 is 0 Å². The van der Waals surface area contributed by atoms with Crippen molar-refractivity contribution in [3.8, 4) is 0 Å². The Morgan fingerprint density at radius 1 is 1.27 bits per heavy atom. The number of anilines is 1. The van der Waals surface area contributed by atoms with Crippen molar-refractivity contribution in [1.82, 2.24) is 0 Å². The Morgan fingerprint density at radius 3 is 2.50 bits per heavy atom. The average molecular weight is 307 g/mol. The Kier molecular flexibility index (Phi) is 7.50. The number of carbonyl (C=O) groups excluding carboxylic acids is 1. The minimum Gasteiger partial charge on any atom is -0.323 e. The van der Waals surface area contributed by atoms with E-state index in [0.29, 0.717) is 0 Å². The molecule has 1 aliphatic rings. The van der Waals surface area contributed by atoms with E-state index in [4.69, 9.17) is 0 Å². The van der Waals surface area contributed by atoms with Crippen molar-refractivity contribution < 1.29 is 13.6 Å². The molecule has 0 fully saturated rings. The summed E-state index contributed by atoms with van der Waals surface area (Å²) in [6.07, 6.45) is 9.07. The van der Waals surface area contributed by atoms with Gasteiger partial charge in [0.15, 0.2) is 0 Å². The van der Waals surface area contributed by atoms with Crippen LogP contribution in [0.2, 0.25) is 0 Å². The van der Waals surface area contributed by atoms with Gasteiger partial charge in [0.05, 0.1) is 11.6 Å². The van der Waals surface area contributed by atoms with Crippen LogP contribution in [0.5, 0.6) is 0 Å². The molecule has 1 atom stereocenters. The third-order valence-electron chi connectivity index (χ3n) is 3.11. The Labute approximate surface area is 130 Å². The first-order chi connectivity index (χ1) is 10.5. The molecule has 1 aromatic rings. The fourth-order valence-corrected chi connectivity index (χ4v) is 1.94. The van der Waals surface area contributed by atoms with Gasteiger partial charge in [-0.25, -0.2) is 8.78 Å². The van der Waals surface area contributed by atoms with Gasteiger partial charge in [-0.15, -0.1) is 0 Å². The summed E-state index contributed by atoms with van der Waals surface area (Å²) in [4.78, 5) is 12.0. The first kappa shape index (κ1) is 18.1. The Bertz CT molecular complexity index is 564. The van der Waals surface area contributed by atoms with Crippen LogP contribution in [0.4, 0.5) is 14.5 Å². The number of carbonyl (C=O) groups is 1. The van der Waals surface area contributed by atoms with Crippen molar-refractivity contribution in [2.75, 3.05) is 5.32 Å². The average Bonchev–Trinajstić information content (AvgIpc) is 2.51. The van der Waals surface area contributed by atoms with E-state index >= 15 is 0 Å². The summed E-state index contributed by atoms with van der Waals surface area (Å²) >= 11 is 0. The predicted molar refractivity (Wildman–Crippen MR) is 86.6 cm³/mol. The van der Waals surface area contributed by atoms with Crippen LogP contribution in [-0.4, -0.2) is 5.91 Å². The highest BCUT2D eigenvalue weighted by atomic mass is 19.1. The highest BCUT2D eigenvalue weighted by molar-refractivity contribution is 5.94. The number of rotatable bonds is 3. The Hall–Kier alpha value is -1.97. The number of halogens is 2. The zero-order chi connectivity index (χ0) is 16.5. The molecule has 0 aliphatic heterocycles. The van der Waals surface area contributed by atoms with E-state index in [-0.39, 0.29) is 17.5 Å². The van der Waals surface area contributed by atoms with Gasteiger partial charge in [0.2, 0.25) is 5.91 Å². The van der Waals surface area contributed by atoms with Crippen LogP contribution in [0, 0.1) is 17.6 Å². The third kappa shape index (κ3) is 5.43. The molecule has 1 N–H and O–H groups in total. The second-order valence-electron chi connectivity index (χ2n) is 5.23. The molecule has 0 spiro atoms. The molecule has 120 valence electrons. The Morgan fingerprint density at radius 2 is 1.95 bits per heavy atom. The van der Waals surface area contributed by atoms with E-state index in [1.54, 1.807) is 6.92 Å². The van der Waals surface area contributed by atoms with Crippen molar-refractivity contribution in [2.24, 2.45) is 5.92 Å². The first-order valence-corrected chi connectivity index (χ1v) is 7.62. The summed E-state index contributed by atoms with van der Waals surface area (Å²) < 4.78 is 26.2. The number of hydrogen-bond acceptors (Lipinski definition) is 1. The van der Waals surface area contributed by atoms with Gasteiger partial charge in [0.25, 0.3) is 0 Å². The molecule has 0 radical (unpaired) electrons. The fraction of sp³-hybridized carbons (Fsp3) is 0.389. The molecule has 0 saturated carbocycles. The number of hydrogen-bond donors (Lipinski definition) is 1. The van der Waals surface area contributed by atoms with E-state index in [9.17, 15) is 13.6 Å². The molecule has 4 heteroatoms. The lowest BCUT2D eigenvalue weighted by atomic mass is 9.95. The van der Waals surface area contributed by atoms with Gasteiger partial charge in [-0.3, -0.25) is 4.79 Å². The summed E-state index contributed by atoms with van der Waals surface area (Å²) in [6.45, 7) is 6.01. The van der Waals surface area contributed by atoms with E-state index in [1.807, 2.05) is 18.2 Å². The highest BCUT2D eigenvalue weighted by Gasteiger charge is 2.18. The largest absolute Gasteiger partial charge is 0.323 e. The molecule has 2 nitrogen and oxygen atoms in total. The smallest absolute Gasteiger partial charge is 0.231 e. The van der Waals surface area contributed by atoms with Crippen LogP contribution in [0.15, 0.2) is 42.0 Å². The molecule has 0 bridgehead atoms. The predicted octanol–water partition coefficient (Wildman–Crippen LogP) is 5.23. The molecule has 1 aliphatic carbocycles. The molecular weight excluding hydrogens is 284 g/mol. The second kappa shape index (κ2) is 9.13. The summed E-state index contributed by atoms with van der Waals surface area (Å²) in [5.41, 5.74) is 0.921. The first-order valence-electron chi connectivity index (χ1n) is 7.62. The number of allylic oxidation sites excluding steroid dienone is 3. The van der Waals surface area contributed by atoms with E-state index < -0.39 is 11.6 Å². The molecule has 1 aromatic carbocycles. The van der Waals surface area contributed by atoms with Gasteiger partial charge in [-0.2, -0.15) is 0 Å². The Balaban J connectivity index is 0.000000745. The van der Waals surface area contributed by atoms with Gasteiger partial charge < -0.3 is 5.32 Å². The van der Waals surface area contributed by atoms with Crippen LogP contribution in [0.25, 0.3) is 0 Å². The minimum absolute atomic E-state index is 0.00126. The van der Waals surface area contributed by atoms with Crippen molar-refractivity contribution >= 4 is 11.6 Å². The van der Waals surface area contributed by atoms with E-state index in [0.717, 1.165) is 30.5 Å². The minimum atomic E-state index is -0.770. The number of benzene rings is 1. The summed E-state index contributed by atoms with van der Waals surface area (Å²) in [6, 6.07) is 3.09. The van der Waals surface area contributed by atoms with Gasteiger partial charge in [0.1, 0.15) is 11.6 Å². The lowest BCUT2D eigenvalue weighted by Gasteiger charge is -2.15. The van der Waals surface area contributed by atoms with Crippen LogP contribution in [-0.2, 0) is 4.79 Å². The molecule has 1 unspecified atom stereocenters. The van der Waals surface area contributed by atoms with Crippen molar-refractivity contribution in [3.05, 3.63) is 53.6 Å². The summed E-state index contributed by atoms with van der Waals surface area (Å²) in [5, 5.41) is 2.48. The van der Waals surface area contributed by atoms with Crippen molar-refractivity contribution in [3.63, 3.8) is 0 Å². The van der Waals surface area contributed by atoms with Crippen LogP contribution in [0.3, 0.4) is 0 Å². The molecule has 0 heterocycles. The second-order valence-corrected chi connectivity index (χ2v) is 5.23. The van der Waals surface area contributed by atoms with E-state index in [1.165, 1.54) is 12.5 Å². The van der Waals surface area contributed by atoms with E-state index in [2.05, 4.69) is 19.2 Å². The van der Waals surface area contributed by atoms with Gasteiger partial charge in [0, 0.05) is 6.07 Å². The third-order valence-corrected chi connectivity index (χ3v) is 3.11. The van der Waals surface area contributed by atoms with Crippen LogP contribution >= 0.6 is 0 Å². The maximum absolute atomic E-state index is 13.4. The normalized spacial score (nSPS) is 14.5. The maximum atomic E-state index is 13.4. The zero-order valence-corrected chi connectivity index (χ0v) is 13.3. The lowest BCUT2D eigenvalue weighted by molar-refractivity contribution is -0.118. The SMILES string of the molecule is CC(C(=O)Nc1ccc(F)cc1F)C1=CCCC=C1.CCC. The zero-order valence-electron chi connectivity index (χ0n) is 13.3. The molecule has 2 rings (SSSR count). The molecule has 22 heavy (non-hydrogen) atoms. The molecule has 0 saturated heterocycles. The lowest BCUT2D eigenvalue weighted by Crippen LogP contribution is -2.22. The number of amides is 1.